The highest BCUT2D eigenvalue weighted by Gasteiger charge is 2.15. The molecular weight excluding hydrogens is 307 g/mol. The van der Waals surface area contributed by atoms with E-state index in [0.29, 0.717) is 22.5 Å². The lowest BCUT2D eigenvalue weighted by atomic mass is 10.1. The van der Waals surface area contributed by atoms with Gasteiger partial charge in [0.2, 0.25) is 5.95 Å². The van der Waals surface area contributed by atoms with Crippen molar-refractivity contribution < 1.29 is 4.39 Å². The maximum Gasteiger partial charge on any atom is 0.266 e. The summed E-state index contributed by atoms with van der Waals surface area (Å²) in [5.74, 6) is 0.293. The second-order valence-electron chi connectivity index (χ2n) is 5.99. The van der Waals surface area contributed by atoms with Crippen LogP contribution in [0.5, 0.6) is 0 Å². The number of pyridine rings is 1. The van der Waals surface area contributed by atoms with Crippen molar-refractivity contribution in [3.63, 3.8) is 0 Å². The molecule has 0 N–H and O–H groups in total. The van der Waals surface area contributed by atoms with E-state index >= 15 is 0 Å². The molecule has 1 saturated heterocycles. The fourth-order valence-corrected chi connectivity index (χ4v) is 3.10. The number of nitrogens with zero attached hydrogens (tertiary/aromatic N) is 4. The Morgan fingerprint density at radius 1 is 1.08 bits per heavy atom. The molecule has 24 heavy (non-hydrogen) atoms. The van der Waals surface area contributed by atoms with E-state index in [1.54, 1.807) is 30.6 Å². The molecule has 4 rings (SSSR count). The van der Waals surface area contributed by atoms with Gasteiger partial charge < -0.3 is 4.90 Å². The molecule has 1 aromatic carbocycles. The van der Waals surface area contributed by atoms with E-state index in [1.165, 1.54) is 23.1 Å². The number of halogens is 1. The quantitative estimate of drug-likeness (QED) is 0.727. The van der Waals surface area contributed by atoms with Crippen LogP contribution < -0.4 is 10.5 Å². The lowest BCUT2D eigenvalue weighted by Crippen LogP contribution is -2.31. The predicted molar refractivity (Wildman–Crippen MR) is 91.2 cm³/mol. The Kier molecular flexibility index (Phi) is 3.72. The molecule has 6 heteroatoms. The number of anilines is 1. The molecule has 0 saturated carbocycles. The van der Waals surface area contributed by atoms with Crippen molar-refractivity contribution in [2.45, 2.75) is 19.3 Å². The lowest BCUT2D eigenvalue weighted by molar-refractivity contribution is 0.569. The Morgan fingerprint density at radius 3 is 2.71 bits per heavy atom. The molecule has 0 spiro atoms. The van der Waals surface area contributed by atoms with Gasteiger partial charge in [-0.3, -0.25) is 9.36 Å². The van der Waals surface area contributed by atoms with Crippen LogP contribution in [0.15, 0.2) is 47.5 Å². The summed E-state index contributed by atoms with van der Waals surface area (Å²) < 4.78 is 14.8. The van der Waals surface area contributed by atoms with Crippen LogP contribution in [-0.4, -0.2) is 27.6 Å². The van der Waals surface area contributed by atoms with E-state index in [0.717, 1.165) is 25.9 Å². The van der Waals surface area contributed by atoms with Gasteiger partial charge in [0.05, 0.1) is 16.6 Å². The van der Waals surface area contributed by atoms with E-state index in [-0.39, 0.29) is 11.4 Å². The third kappa shape index (κ3) is 2.64. The fraction of sp³-hybridized carbons (Fsp3) is 0.278. The van der Waals surface area contributed by atoms with Crippen LogP contribution in [0.1, 0.15) is 19.3 Å². The zero-order valence-corrected chi connectivity index (χ0v) is 13.2. The predicted octanol–water partition coefficient (Wildman–Crippen LogP) is 2.91. The van der Waals surface area contributed by atoms with Gasteiger partial charge in [-0.15, -0.1) is 0 Å². The monoisotopic (exact) mass is 324 g/mol. The van der Waals surface area contributed by atoms with Crippen LogP contribution in [0.25, 0.3) is 16.6 Å². The van der Waals surface area contributed by atoms with Crippen molar-refractivity contribution in [3.05, 3.63) is 58.9 Å². The highest BCUT2D eigenvalue weighted by atomic mass is 19.1. The largest absolute Gasteiger partial charge is 0.341 e. The molecule has 0 radical (unpaired) electrons. The third-order valence-corrected chi connectivity index (χ3v) is 4.36. The van der Waals surface area contributed by atoms with Crippen molar-refractivity contribution in [1.82, 2.24) is 14.5 Å². The van der Waals surface area contributed by atoms with Gasteiger partial charge in [0.25, 0.3) is 5.56 Å². The lowest BCUT2D eigenvalue weighted by Gasteiger charge is -2.26. The van der Waals surface area contributed by atoms with Crippen molar-refractivity contribution in [2.24, 2.45) is 0 Å². The number of hydrogen-bond donors (Lipinski definition) is 0. The fourth-order valence-electron chi connectivity index (χ4n) is 3.10. The molecule has 1 fully saturated rings. The van der Waals surface area contributed by atoms with Crippen molar-refractivity contribution in [1.29, 1.82) is 0 Å². The van der Waals surface area contributed by atoms with Gasteiger partial charge in [-0.2, -0.15) is 0 Å². The number of benzene rings is 1. The normalized spacial score (nSPS) is 15.0. The van der Waals surface area contributed by atoms with Crippen LogP contribution in [0.3, 0.4) is 0 Å². The summed E-state index contributed by atoms with van der Waals surface area (Å²) in [5, 5.41) is 0.433. The minimum absolute atomic E-state index is 0.247. The van der Waals surface area contributed by atoms with Crippen LogP contribution in [-0.2, 0) is 0 Å². The molecule has 122 valence electrons. The molecule has 1 aliphatic rings. The minimum Gasteiger partial charge on any atom is -0.341 e. The zero-order valence-electron chi connectivity index (χ0n) is 13.2. The minimum atomic E-state index is -0.379. The van der Waals surface area contributed by atoms with E-state index in [2.05, 4.69) is 14.9 Å². The molecule has 3 heterocycles. The Morgan fingerprint density at radius 2 is 1.92 bits per heavy atom. The van der Waals surface area contributed by atoms with Crippen molar-refractivity contribution in [2.75, 3.05) is 18.0 Å². The first-order chi connectivity index (χ1) is 11.7. The van der Waals surface area contributed by atoms with Crippen LogP contribution >= 0.6 is 0 Å². The molecule has 2 aromatic heterocycles. The molecular formula is C18H17FN4O. The summed E-state index contributed by atoms with van der Waals surface area (Å²) in [6.45, 7) is 1.90. The molecule has 3 aromatic rings. The van der Waals surface area contributed by atoms with Gasteiger partial charge >= 0.3 is 0 Å². The van der Waals surface area contributed by atoms with Gasteiger partial charge in [0, 0.05) is 25.5 Å². The standard InChI is InChI=1S/C18H17FN4O/c19-13-5-4-6-14(11-13)23-10-7-16-15(17(23)24)12-20-18(21-16)22-8-2-1-3-9-22/h4-7,10-12H,1-3,8-9H2. The number of piperidine rings is 1. The average molecular weight is 324 g/mol. The van der Waals surface area contributed by atoms with E-state index < -0.39 is 0 Å². The maximum atomic E-state index is 13.4. The third-order valence-electron chi connectivity index (χ3n) is 4.36. The molecule has 0 amide bonds. The first kappa shape index (κ1) is 14.8. The summed E-state index contributed by atoms with van der Waals surface area (Å²) in [4.78, 5) is 23.7. The van der Waals surface area contributed by atoms with Crippen molar-refractivity contribution in [3.8, 4) is 5.69 Å². The Labute approximate surface area is 138 Å². The summed E-state index contributed by atoms with van der Waals surface area (Å²) in [6.07, 6.45) is 6.73. The molecule has 0 aliphatic carbocycles. The highest BCUT2D eigenvalue weighted by Crippen LogP contribution is 2.18. The number of fused-ring (bicyclic) bond motifs is 1. The molecule has 0 bridgehead atoms. The topological polar surface area (TPSA) is 51.0 Å². The summed E-state index contributed by atoms with van der Waals surface area (Å²) in [7, 11) is 0. The zero-order chi connectivity index (χ0) is 16.5. The summed E-state index contributed by atoms with van der Waals surface area (Å²) in [5.41, 5.74) is 0.855. The average Bonchev–Trinajstić information content (AvgIpc) is 2.62. The second-order valence-corrected chi connectivity index (χ2v) is 5.99. The highest BCUT2D eigenvalue weighted by molar-refractivity contribution is 5.78. The Bertz CT molecular complexity index is 947. The summed E-state index contributed by atoms with van der Waals surface area (Å²) >= 11 is 0. The second kappa shape index (κ2) is 6.03. The van der Waals surface area contributed by atoms with Gasteiger partial charge in [-0.1, -0.05) is 6.07 Å². The van der Waals surface area contributed by atoms with E-state index in [9.17, 15) is 9.18 Å². The van der Waals surface area contributed by atoms with Crippen LogP contribution in [0.2, 0.25) is 0 Å². The van der Waals surface area contributed by atoms with Gasteiger partial charge in [0.15, 0.2) is 0 Å². The summed E-state index contributed by atoms with van der Waals surface area (Å²) in [6, 6.07) is 7.73. The van der Waals surface area contributed by atoms with E-state index in [4.69, 9.17) is 0 Å². The molecule has 1 aliphatic heterocycles. The number of hydrogen-bond acceptors (Lipinski definition) is 4. The smallest absolute Gasteiger partial charge is 0.266 e. The molecule has 0 atom stereocenters. The first-order valence-electron chi connectivity index (χ1n) is 8.12. The molecule has 5 nitrogen and oxygen atoms in total. The van der Waals surface area contributed by atoms with E-state index in [1.807, 2.05) is 0 Å². The Balaban J connectivity index is 1.78. The van der Waals surface area contributed by atoms with Crippen LogP contribution in [0.4, 0.5) is 10.3 Å². The van der Waals surface area contributed by atoms with Gasteiger partial charge in [-0.25, -0.2) is 14.4 Å². The number of aromatic nitrogens is 3. The van der Waals surface area contributed by atoms with Crippen molar-refractivity contribution >= 4 is 16.9 Å². The van der Waals surface area contributed by atoms with Gasteiger partial charge in [0.1, 0.15) is 5.82 Å². The van der Waals surface area contributed by atoms with Gasteiger partial charge in [-0.05, 0) is 43.5 Å². The SMILES string of the molecule is O=c1c2cnc(N3CCCCC3)nc2ccn1-c1cccc(F)c1. The molecule has 0 unspecified atom stereocenters. The first-order valence-corrected chi connectivity index (χ1v) is 8.12. The number of rotatable bonds is 2. The maximum absolute atomic E-state index is 13.4. The Hall–Kier alpha value is -2.76. The van der Waals surface area contributed by atoms with Crippen LogP contribution in [0, 0.1) is 5.82 Å².